The van der Waals surface area contributed by atoms with Crippen LogP contribution in [0.1, 0.15) is 37.8 Å². The first kappa shape index (κ1) is 15.4. The lowest BCUT2D eigenvalue weighted by Gasteiger charge is -2.33. The maximum Gasteiger partial charge on any atom is 0.126 e. The Hall–Kier alpha value is -1.00. The van der Waals surface area contributed by atoms with Gasteiger partial charge in [0.2, 0.25) is 0 Å². The van der Waals surface area contributed by atoms with E-state index in [-0.39, 0.29) is 6.04 Å². The maximum absolute atomic E-state index is 13.5. The van der Waals surface area contributed by atoms with Crippen LogP contribution < -0.4 is 5.32 Å². The zero-order chi connectivity index (χ0) is 14.5. The Morgan fingerprint density at radius 2 is 1.90 bits per heavy atom. The number of likely N-dealkylation sites (tertiary alicyclic amines) is 1. The van der Waals surface area contributed by atoms with Crippen LogP contribution in [0, 0.1) is 17.6 Å². The van der Waals surface area contributed by atoms with Crippen LogP contribution in [0.15, 0.2) is 18.2 Å². The lowest BCUT2D eigenvalue weighted by molar-refractivity contribution is 0.189. The molecule has 0 aliphatic carbocycles. The summed E-state index contributed by atoms with van der Waals surface area (Å²) in [5.74, 6) is -0.580. The fraction of sp³-hybridized carbons (Fsp3) is 0.625. The van der Waals surface area contributed by atoms with Gasteiger partial charge < -0.3 is 5.32 Å². The van der Waals surface area contributed by atoms with E-state index in [0.717, 1.165) is 44.1 Å². The smallest absolute Gasteiger partial charge is 0.126 e. The SMILES string of the molecule is CCNCC1CCCCN(C)C1c1cc(F)cc(F)c1. The van der Waals surface area contributed by atoms with Crippen LogP contribution in [0.3, 0.4) is 0 Å². The molecule has 0 amide bonds. The first-order chi connectivity index (χ1) is 9.61. The van der Waals surface area contributed by atoms with Gasteiger partial charge in [0.15, 0.2) is 0 Å². The van der Waals surface area contributed by atoms with Crippen LogP contribution in [0.25, 0.3) is 0 Å². The highest BCUT2D eigenvalue weighted by molar-refractivity contribution is 5.22. The molecule has 0 radical (unpaired) electrons. The quantitative estimate of drug-likeness (QED) is 0.911. The molecule has 1 N–H and O–H groups in total. The van der Waals surface area contributed by atoms with Gasteiger partial charge in [-0.1, -0.05) is 13.3 Å². The van der Waals surface area contributed by atoms with E-state index in [1.807, 2.05) is 0 Å². The lowest BCUT2D eigenvalue weighted by Crippen LogP contribution is -2.35. The van der Waals surface area contributed by atoms with Crippen molar-refractivity contribution in [3.8, 4) is 0 Å². The van der Waals surface area contributed by atoms with Crippen LogP contribution in [0.5, 0.6) is 0 Å². The van der Waals surface area contributed by atoms with Crippen molar-refractivity contribution in [1.29, 1.82) is 0 Å². The van der Waals surface area contributed by atoms with Crippen molar-refractivity contribution in [1.82, 2.24) is 10.2 Å². The second kappa shape index (κ2) is 7.14. The second-order valence-corrected chi connectivity index (χ2v) is 5.69. The molecule has 1 fully saturated rings. The maximum atomic E-state index is 13.5. The average molecular weight is 282 g/mol. The molecule has 0 bridgehead atoms. The number of halogens is 2. The molecule has 0 saturated carbocycles. The molecule has 4 heteroatoms. The molecule has 1 heterocycles. The summed E-state index contributed by atoms with van der Waals surface area (Å²) in [6, 6.07) is 3.99. The predicted molar refractivity (Wildman–Crippen MR) is 77.6 cm³/mol. The van der Waals surface area contributed by atoms with Crippen LogP contribution in [0.2, 0.25) is 0 Å². The third-order valence-electron chi connectivity index (χ3n) is 4.14. The third kappa shape index (κ3) is 3.76. The number of nitrogens with one attached hydrogen (secondary N) is 1. The number of nitrogens with zero attached hydrogens (tertiary/aromatic N) is 1. The highest BCUT2D eigenvalue weighted by Gasteiger charge is 2.29. The molecule has 1 aliphatic heterocycles. The fourth-order valence-corrected chi connectivity index (χ4v) is 3.24. The lowest BCUT2D eigenvalue weighted by atomic mass is 9.89. The summed E-state index contributed by atoms with van der Waals surface area (Å²) in [6.45, 7) is 4.87. The topological polar surface area (TPSA) is 15.3 Å². The normalized spacial score (nSPS) is 24.6. The van der Waals surface area contributed by atoms with Crippen LogP contribution in [0.4, 0.5) is 8.78 Å². The van der Waals surface area contributed by atoms with E-state index in [4.69, 9.17) is 0 Å². The molecule has 1 aromatic carbocycles. The van der Waals surface area contributed by atoms with Gasteiger partial charge in [-0.05, 0) is 63.1 Å². The molecule has 0 spiro atoms. The molecular formula is C16H24F2N2. The largest absolute Gasteiger partial charge is 0.317 e. The summed E-state index contributed by atoms with van der Waals surface area (Å²) in [5, 5.41) is 3.38. The van der Waals surface area contributed by atoms with E-state index < -0.39 is 11.6 Å². The zero-order valence-corrected chi connectivity index (χ0v) is 12.3. The Balaban J connectivity index is 2.29. The summed E-state index contributed by atoms with van der Waals surface area (Å²) >= 11 is 0. The Kier molecular flexibility index (Phi) is 5.49. The molecule has 1 aromatic rings. The van der Waals surface area contributed by atoms with Gasteiger partial charge in [-0.25, -0.2) is 8.78 Å². The standard InChI is InChI=1S/C16H24F2N2/c1-3-19-11-12-6-4-5-7-20(2)16(12)13-8-14(17)10-15(18)9-13/h8-10,12,16,19H,3-7,11H2,1-2H3. The molecule has 2 rings (SSSR count). The number of hydrogen-bond acceptors (Lipinski definition) is 2. The van der Waals surface area contributed by atoms with Gasteiger partial charge in [-0.2, -0.15) is 0 Å². The predicted octanol–water partition coefficient (Wildman–Crippen LogP) is 3.35. The Labute approximate surface area is 120 Å². The van der Waals surface area contributed by atoms with Crippen LogP contribution in [-0.4, -0.2) is 31.6 Å². The average Bonchev–Trinajstić information content (AvgIpc) is 2.56. The first-order valence-corrected chi connectivity index (χ1v) is 7.48. The molecule has 0 aromatic heterocycles. The summed E-state index contributed by atoms with van der Waals surface area (Å²) in [5.41, 5.74) is 0.759. The minimum absolute atomic E-state index is 0.0850. The van der Waals surface area contributed by atoms with Crippen molar-refractivity contribution in [2.75, 3.05) is 26.7 Å². The Bertz CT molecular complexity index is 416. The van der Waals surface area contributed by atoms with Crippen molar-refractivity contribution >= 4 is 0 Å². The van der Waals surface area contributed by atoms with Crippen LogP contribution in [-0.2, 0) is 0 Å². The number of benzene rings is 1. The van der Waals surface area contributed by atoms with E-state index in [1.54, 1.807) is 0 Å². The van der Waals surface area contributed by atoms with E-state index in [0.29, 0.717) is 5.92 Å². The summed E-state index contributed by atoms with van der Waals surface area (Å²) < 4.78 is 27.0. The molecule has 20 heavy (non-hydrogen) atoms. The molecular weight excluding hydrogens is 258 g/mol. The zero-order valence-electron chi connectivity index (χ0n) is 12.3. The number of rotatable bonds is 4. The molecule has 2 unspecified atom stereocenters. The van der Waals surface area contributed by atoms with E-state index in [9.17, 15) is 8.78 Å². The molecule has 1 saturated heterocycles. The van der Waals surface area contributed by atoms with Crippen molar-refractivity contribution in [2.24, 2.45) is 5.92 Å². The van der Waals surface area contributed by atoms with Gasteiger partial charge in [-0.3, -0.25) is 4.90 Å². The first-order valence-electron chi connectivity index (χ1n) is 7.48. The summed E-state index contributed by atoms with van der Waals surface area (Å²) in [7, 11) is 2.05. The second-order valence-electron chi connectivity index (χ2n) is 5.69. The number of hydrogen-bond donors (Lipinski definition) is 1. The van der Waals surface area contributed by atoms with Gasteiger partial charge in [0.1, 0.15) is 11.6 Å². The third-order valence-corrected chi connectivity index (χ3v) is 4.14. The highest BCUT2D eigenvalue weighted by Crippen LogP contribution is 2.34. The Morgan fingerprint density at radius 1 is 1.20 bits per heavy atom. The minimum atomic E-state index is -0.486. The van der Waals surface area contributed by atoms with Crippen molar-refractivity contribution in [3.05, 3.63) is 35.4 Å². The van der Waals surface area contributed by atoms with E-state index >= 15 is 0 Å². The highest BCUT2D eigenvalue weighted by atomic mass is 19.1. The summed E-state index contributed by atoms with van der Waals surface area (Å²) in [4.78, 5) is 2.24. The van der Waals surface area contributed by atoms with Gasteiger partial charge in [0.05, 0.1) is 0 Å². The molecule has 1 aliphatic rings. The molecule has 2 atom stereocenters. The van der Waals surface area contributed by atoms with Gasteiger partial charge in [-0.15, -0.1) is 0 Å². The van der Waals surface area contributed by atoms with Crippen molar-refractivity contribution in [2.45, 2.75) is 32.2 Å². The van der Waals surface area contributed by atoms with Crippen molar-refractivity contribution in [3.63, 3.8) is 0 Å². The van der Waals surface area contributed by atoms with E-state index in [1.165, 1.54) is 18.6 Å². The van der Waals surface area contributed by atoms with E-state index in [2.05, 4.69) is 24.2 Å². The molecule has 112 valence electrons. The van der Waals surface area contributed by atoms with Crippen LogP contribution >= 0.6 is 0 Å². The van der Waals surface area contributed by atoms with Gasteiger partial charge in [0.25, 0.3) is 0 Å². The van der Waals surface area contributed by atoms with Gasteiger partial charge >= 0.3 is 0 Å². The van der Waals surface area contributed by atoms with Gasteiger partial charge in [0, 0.05) is 12.1 Å². The minimum Gasteiger partial charge on any atom is -0.317 e. The Morgan fingerprint density at radius 3 is 2.55 bits per heavy atom. The molecule has 2 nitrogen and oxygen atoms in total. The monoisotopic (exact) mass is 282 g/mol. The summed E-state index contributed by atoms with van der Waals surface area (Å²) in [6.07, 6.45) is 3.42. The fourth-order valence-electron chi connectivity index (χ4n) is 3.24. The van der Waals surface area contributed by atoms with Crippen molar-refractivity contribution < 1.29 is 8.78 Å².